The summed E-state index contributed by atoms with van der Waals surface area (Å²) in [6.45, 7) is 1.37. The molecule has 2 rings (SSSR count). The molecule has 0 aliphatic heterocycles. The van der Waals surface area contributed by atoms with Gasteiger partial charge >= 0.3 is 0 Å². The Morgan fingerprint density at radius 1 is 1.35 bits per heavy atom. The van der Waals surface area contributed by atoms with Gasteiger partial charge in [0, 0.05) is 6.61 Å². The van der Waals surface area contributed by atoms with E-state index in [1.807, 2.05) is 37.4 Å². The molecule has 0 heterocycles. The third-order valence-electron chi connectivity index (χ3n) is 3.47. The van der Waals surface area contributed by atoms with Crippen LogP contribution in [0.1, 0.15) is 18.4 Å². The minimum absolute atomic E-state index is 0.0399. The Morgan fingerprint density at radius 2 is 2.06 bits per heavy atom. The molecule has 94 valence electrons. The SMILES string of the molecule is CNC(CO)(COCC1CC1)c1ccccc1. The van der Waals surface area contributed by atoms with Crippen molar-refractivity contribution in [2.75, 3.05) is 26.9 Å². The van der Waals surface area contributed by atoms with E-state index in [9.17, 15) is 5.11 Å². The quantitative estimate of drug-likeness (QED) is 0.753. The molecule has 0 aromatic heterocycles. The molecule has 0 bridgehead atoms. The molecule has 0 radical (unpaired) electrons. The van der Waals surface area contributed by atoms with Crippen LogP contribution in [0.15, 0.2) is 30.3 Å². The molecule has 1 aliphatic rings. The van der Waals surface area contributed by atoms with Crippen LogP contribution in [0.4, 0.5) is 0 Å². The Bertz CT molecular complexity index is 331. The van der Waals surface area contributed by atoms with Crippen LogP contribution < -0.4 is 5.32 Å². The molecule has 3 nitrogen and oxygen atoms in total. The van der Waals surface area contributed by atoms with Crippen molar-refractivity contribution in [1.82, 2.24) is 5.32 Å². The van der Waals surface area contributed by atoms with Gasteiger partial charge < -0.3 is 15.2 Å². The fourth-order valence-corrected chi connectivity index (χ4v) is 1.96. The second-order valence-corrected chi connectivity index (χ2v) is 4.81. The van der Waals surface area contributed by atoms with Crippen LogP contribution in [0.2, 0.25) is 0 Å². The van der Waals surface area contributed by atoms with E-state index in [1.54, 1.807) is 0 Å². The molecule has 1 saturated carbocycles. The summed E-state index contributed by atoms with van der Waals surface area (Å²) in [4.78, 5) is 0. The number of rotatable bonds is 7. The van der Waals surface area contributed by atoms with Crippen LogP contribution in [0.25, 0.3) is 0 Å². The van der Waals surface area contributed by atoms with E-state index < -0.39 is 5.54 Å². The van der Waals surface area contributed by atoms with E-state index in [-0.39, 0.29) is 6.61 Å². The van der Waals surface area contributed by atoms with Gasteiger partial charge in [-0.15, -0.1) is 0 Å². The molecule has 3 heteroatoms. The maximum absolute atomic E-state index is 9.67. The largest absolute Gasteiger partial charge is 0.394 e. The van der Waals surface area contributed by atoms with Gasteiger partial charge in [0.05, 0.1) is 18.8 Å². The molecule has 1 fully saturated rings. The molecule has 2 N–H and O–H groups in total. The van der Waals surface area contributed by atoms with Gasteiger partial charge in [-0.3, -0.25) is 0 Å². The van der Waals surface area contributed by atoms with Crippen molar-refractivity contribution >= 4 is 0 Å². The average molecular weight is 235 g/mol. The van der Waals surface area contributed by atoms with Crippen molar-refractivity contribution in [3.05, 3.63) is 35.9 Å². The van der Waals surface area contributed by atoms with E-state index in [1.165, 1.54) is 12.8 Å². The molecule has 1 atom stereocenters. The van der Waals surface area contributed by atoms with Gasteiger partial charge in [-0.1, -0.05) is 30.3 Å². The number of likely N-dealkylation sites (N-methyl/N-ethyl adjacent to an activating group) is 1. The summed E-state index contributed by atoms with van der Waals surface area (Å²) in [5.41, 5.74) is 0.594. The minimum atomic E-state index is -0.476. The van der Waals surface area contributed by atoms with E-state index in [0.29, 0.717) is 6.61 Å². The minimum Gasteiger partial charge on any atom is -0.394 e. The summed E-state index contributed by atoms with van der Waals surface area (Å²) in [5, 5.41) is 12.9. The number of hydrogen-bond donors (Lipinski definition) is 2. The molecule has 0 saturated heterocycles. The second kappa shape index (κ2) is 5.63. The van der Waals surface area contributed by atoms with Gasteiger partial charge in [0.2, 0.25) is 0 Å². The molecule has 0 amide bonds. The van der Waals surface area contributed by atoms with Crippen molar-refractivity contribution in [2.24, 2.45) is 5.92 Å². The lowest BCUT2D eigenvalue weighted by Crippen LogP contribution is -2.47. The summed E-state index contributed by atoms with van der Waals surface area (Å²) in [7, 11) is 1.86. The molecule has 1 aromatic carbocycles. The van der Waals surface area contributed by atoms with Gasteiger partial charge in [-0.25, -0.2) is 0 Å². The lowest BCUT2D eigenvalue weighted by molar-refractivity contribution is 0.0328. The van der Waals surface area contributed by atoms with E-state index in [0.717, 1.165) is 18.1 Å². The number of aliphatic hydroxyl groups excluding tert-OH is 1. The maximum atomic E-state index is 9.67. The zero-order chi connectivity index (χ0) is 12.1. The summed E-state index contributed by atoms with van der Waals surface area (Å²) in [6, 6.07) is 9.99. The Kier molecular flexibility index (Phi) is 4.15. The Balaban J connectivity index is 2.01. The predicted octanol–water partition coefficient (Wildman–Crippen LogP) is 1.52. The molecular formula is C14H21NO2. The number of hydrogen-bond acceptors (Lipinski definition) is 3. The first-order valence-corrected chi connectivity index (χ1v) is 6.24. The van der Waals surface area contributed by atoms with Crippen LogP contribution in [-0.4, -0.2) is 32.0 Å². The fraction of sp³-hybridized carbons (Fsp3) is 0.571. The zero-order valence-electron chi connectivity index (χ0n) is 10.4. The lowest BCUT2D eigenvalue weighted by atomic mass is 9.92. The fourth-order valence-electron chi connectivity index (χ4n) is 1.96. The average Bonchev–Trinajstić information content (AvgIpc) is 3.20. The molecule has 1 aliphatic carbocycles. The Hall–Kier alpha value is -0.900. The molecular weight excluding hydrogens is 214 g/mol. The zero-order valence-corrected chi connectivity index (χ0v) is 10.4. The van der Waals surface area contributed by atoms with Gasteiger partial charge in [-0.2, -0.15) is 0 Å². The van der Waals surface area contributed by atoms with Gasteiger partial charge in [0.1, 0.15) is 0 Å². The topological polar surface area (TPSA) is 41.5 Å². The van der Waals surface area contributed by atoms with Crippen molar-refractivity contribution in [3.63, 3.8) is 0 Å². The highest BCUT2D eigenvalue weighted by atomic mass is 16.5. The predicted molar refractivity (Wildman–Crippen MR) is 67.8 cm³/mol. The van der Waals surface area contributed by atoms with Gasteiger partial charge in [0.25, 0.3) is 0 Å². The van der Waals surface area contributed by atoms with Crippen LogP contribution >= 0.6 is 0 Å². The van der Waals surface area contributed by atoms with Crippen molar-refractivity contribution in [1.29, 1.82) is 0 Å². The van der Waals surface area contributed by atoms with Gasteiger partial charge in [-0.05, 0) is 31.4 Å². The molecule has 1 aromatic rings. The summed E-state index contributed by atoms with van der Waals surface area (Å²) < 4.78 is 5.74. The normalized spacial score (nSPS) is 18.9. The van der Waals surface area contributed by atoms with Crippen LogP contribution in [0.3, 0.4) is 0 Å². The summed E-state index contributed by atoms with van der Waals surface area (Å²) in [5.74, 6) is 0.749. The summed E-state index contributed by atoms with van der Waals surface area (Å²) >= 11 is 0. The lowest BCUT2D eigenvalue weighted by Gasteiger charge is -2.32. The van der Waals surface area contributed by atoms with E-state index in [2.05, 4.69) is 5.32 Å². The highest BCUT2D eigenvalue weighted by molar-refractivity contribution is 5.24. The number of ether oxygens (including phenoxy) is 1. The van der Waals surface area contributed by atoms with Crippen molar-refractivity contribution in [2.45, 2.75) is 18.4 Å². The highest BCUT2D eigenvalue weighted by Crippen LogP contribution is 2.29. The number of benzene rings is 1. The van der Waals surface area contributed by atoms with Gasteiger partial charge in [0.15, 0.2) is 0 Å². The first-order valence-electron chi connectivity index (χ1n) is 6.24. The first-order chi connectivity index (χ1) is 8.30. The van der Waals surface area contributed by atoms with E-state index in [4.69, 9.17) is 4.74 Å². The monoisotopic (exact) mass is 235 g/mol. The molecule has 1 unspecified atom stereocenters. The standard InChI is InChI=1S/C14H21NO2/c1-15-14(10-16,11-17-9-12-7-8-12)13-5-3-2-4-6-13/h2-6,12,15-16H,7-11H2,1H3. The Labute approximate surface area is 103 Å². The van der Waals surface area contributed by atoms with Crippen LogP contribution in [-0.2, 0) is 10.3 Å². The third kappa shape index (κ3) is 3.06. The third-order valence-corrected chi connectivity index (χ3v) is 3.47. The van der Waals surface area contributed by atoms with Crippen molar-refractivity contribution < 1.29 is 9.84 Å². The highest BCUT2D eigenvalue weighted by Gasteiger charge is 2.31. The van der Waals surface area contributed by atoms with E-state index >= 15 is 0 Å². The van der Waals surface area contributed by atoms with Crippen LogP contribution in [0, 0.1) is 5.92 Å². The maximum Gasteiger partial charge on any atom is 0.0903 e. The molecule has 17 heavy (non-hydrogen) atoms. The first kappa shape index (κ1) is 12.6. The number of nitrogens with one attached hydrogen (secondary N) is 1. The second-order valence-electron chi connectivity index (χ2n) is 4.81. The van der Waals surface area contributed by atoms with Crippen LogP contribution in [0.5, 0.6) is 0 Å². The Morgan fingerprint density at radius 3 is 2.59 bits per heavy atom. The summed E-state index contributed by atoms with van der Waals surface area (Å²) in [6.07, 6.45) is 2.58. The smallest absolute Gasteiger partial charge is 0.0903 e. The number of aliphatic hydroxyl groups is 1. The van der Waals surface area contributed by atoms with Crippen molar-refractivity contribution in [3.8, 4) is 0 Å². The molecule has 0 spiro atoms.